The summed E-state index contributed by atoms with van der Waals surface area (Å²) in [5.41, 5.74) is 5.63. The number of hydrogen-bond acceptors (Lipinski definition) is 8. The molecule has 1 amide bonds. The number of hydrogen-bond donors (Lipinski definition) is 2. The Balaban J connectivity index is 1.55. The van der Waals surface area contributed by atoms with Gasteiger partial charge in [-0.1, -0.05) is 66.7 Å². The van der Waals surface area contributed by atoms with Crippen molar-refractivity contribution in [2.75, 3.05) is 16.8 Å². The molecule has 198 valence electrons. The molecule has 5 rings (SSSR count). The number of tetrazole rings is 1. The van der Waals surface area contributed by atoms with Crippen LogP contribution in [-0.2, 0) is 17.8 Å². The molecule has 0 aliphatic heterocycles. The third kappa shape index (κ3) is 6.01. The van der Waals surface area contributed by atoms with Crippen molar-refractivity contribution in [3.8, 4) is 22.6 Å². The van der Waals surface area contributed by atoms with Crippen LogP contribution in [-0.4, -0.2) is 43.2 Å². The SMILES string of the molecule is CCCN(Cc1ccccc1)c1cc(NC(=O)Cc2c(C)noc2C)cc(-c2ccccc2-c2nn[nH]n2)n1. The predicted octanol–water partition coefficient (Wildman–Crippen LogP) is 5.13. The molecule has 39 heavy (non-hydrogen) atoms. The highest BCUT2D eigenvalue weighted by atomic mass is 16.5. The van der Waals surface area contributed by atoms with E-state index in [9.17, 15) is 4.79 Å². The number of amides is 1. The lowest BCUT2D eigenvalue weighted by Gasteiger charge is -2.25. The molecule has 2 aromatic carbocycles. The zero-order valence-corrected chi connectivity index (χ0v) is 22.2. The highest BCUT2D eigenvalue weighted by molar-refractivity contribution is 5.94. The van der Waals surface area contributed by atoms with Gasteiger partial charge in [0.1, 0.15) is 11.6 Å². The fourth-order valence-corrected chi connectivity index (χ4v) is 4.53. The van der Waals surface area contributed by atoms with Gasteiger partial charge in [-0.05, 0) is 37.1 Å². The second-order valence-electron chi connectivity index (χ2n) is 9.32. The molecule has 0 saturated heterocycles. The van der Waals surface area contributed by atoms with E-state index in [1.165, 1.54) is 5.56 Å². The van der Waals surface area contributed by atoms with Gasteiger partial charge in [-0.2, -0.15) is 5.21 Å². The number of benzene rings is 2. The van der Waals surface area contributed by atoms with Crippen LogP contribution in [0.3, 0.4) is 0 Å². The van der Waals surface area contributed by atoms with Crippen LogP contribution < -0.4 is 10.2 Å². The minimum absolute atomic E-state index is 0.163. The standard InChI is InChI=1S/C29H30N8O2/c1-4-14-37(18-21-10-6-5-7-11-21)27-16-22(30-28(38)17-25-19(2)34-39-20(25)3)15-26(31-27)23-12-8-9-13-24(23)29-32-35-36-33-29/h5-13,15-16H,4,14,17-18H2,1-3H3,(H,30,31,38)(H,32,33,35,36). The number of carbonyl (C=O) groups excluding carboxylic acids is 1. The third-order valence-corrected chi connectivity index (χ3v) is 6.44. The summed E-state index contributed by atoms with van der Waals surface area (Å²) in [6.45, 7) is 7.27. The first-order valence-electron chi connectivity index (χ1n) is 12.9. The minimum Gasteiger partial charge on any atom is -0.361 e. The monoisotopic (exact) mass is 522 g/mol. The number of rotatable bonds is 10. The highest BCUT2D eigenvalue weighted by Crippen LogP contribution is 2.32. The molecule has 0 unspecified atom stereocenters. The molecule has 0 spiro atoms. The van der Waals surface area contributed by atoms with E-state index < -0.39 is 0 Å². The van der Waals surface area contributed by atoms with Crippen LogP contribution in [0.2, 0.25) is 0 Å². The van der Waals surface area contributed by atoms with Crippen molar-refractivity contribution < 1.29 is 9.32 Å². The van der Waals surface area contributed by atoms with Gasteiger partial charge in [-0.25, -0.2) is 4.98 Å². The van der Waals surface area contributed by atoms with Crippen LogP contribution in [0.1, 0.15) is 35.9 Å². The molecular weight excluding hydrogens is 492 g/mol. The first kappa shape index (κ1) is 25.8. The van der Waals surface area contributed by atoms with Crippen LogP contribution in [0.5, 0.6) is 0 Å². The van der Waals surface area contributed by atoms with Gasteiger partial charge in [-0.15, -0.1) is 10.2 Å². The van der Waals surface area contributed by atoms with E-state index in [1.54, 1.807) is 0 Å². The predicted molar refractivity (Wildman–Crippen MR) is 149 cm³/mol. The van der Waals surface area contributed by atoms with Gasteiger partial charge in [-0.3, -0.25) is 4.79 Å². The molecule has 10 heteroatoms. The molecule has 0 bridgehead atoms. The van der Waals surface area contributed by atoms with E-state index in [2.05, 4.69) is 55.1 Å². The minimum atomic E-state index is -0.163. The fraction of sp³-hybridized carbons (Fsp3) is 0.241. The Morgan fingerprint density at radius 3 is 2.49 bits per heavy atom. The van der Waals surface area contributed by atoms with E-state index in [-0.39, 0.29) is 12.3 Å². The first-order chi connectivity index (χ1) is 19.0. The first-order valence-corrected chi connectivity index (χ1v) is 12.9. The maximum absolute atomic E-state index is 13.1. The summed E-state index contributed by atoms with van der Waals surface area (Å²) in [6, 6.07) is 21.8. The summed E-state index contributed by atoms with van der Waals surface area (Å²) in [6.07, 6.45) is 1.10. The normalized spacial score (nSPS) is 10.9. The van der Waals surface area contributed by atoms with E-state index in [0.29, 0.717) is 35.2 Å². The van der Waals surface area contributed by atoms with Crippen LogP contribution in [0.4, 0.5) is 11.5 Å². The molecule has 0 aliphatic carbocycles. The number of aryl methyl sites for hydroxylation is 2. The lowest BCUT2D eigenvalue weighted by atomic mass is 10.0. The summed E-state index contributed by atoms with van der Waals surface area (Å²) in [5, 5.41) is 21.6. The maximum Gasteiger partial charge on any atom is 0.229 e. The zero-order valence-electron chi connectivity index (χ0n) is 22.2. The number of aromatic amines is 1. The second kappa shape index (κ2) is 11.7. The van der Waals surface area contributed by atoms with Gasteiger partial charge in [0.05, 0.1) is 17.8 Å². The molecule has 0 atom stereocenters. The van der Waals surface area contributed by atoms with Gasteiger partial charge in [0.25, 0.3) is 0 Å². The highest BCUT2D eigenvalue weighted by Gasteiger charge is 2.18. The average molecular weight is 523 g/mol. The maximum atomic E-state index is 13.1. The van der Waals surface area contributed by atoms with Crippen molar-refractivity contribution in [1.82, 2.24) is 30.8 Å². The molecule has 10 nitrogen and oxygen atoms in total. The van der Waals surface area contributed by atoms with E-state index in [4.69, 9.17) is 9.51 Å². The lowest BCUT2D eigenvalue weighted by molar-refractivity contribution is -0.115. The van der Waals surface area contributed by atoms with Crippen molar-refractivity contribution in [3.05, 3.63) is 89.3 Å². The summed E-state index contributed by atoms with van der Waals surface area (Å²) in [5.74, 6) is 1.71. The van der Waals surface area contributed by atoms with Crippen LogP contribution in [0.15, 0.2) is 71.3 Å². The van der Waals surface area contributed by atoms with E-state index in [1.807, 2.05) is 68.4 Å². The molecule has 3 heterocycles. The molecular formula is C29H30N8O2. The summed E-state index contributed by atoms with van der Waals surface area (Å²) in [4.78, 5) is 20.4. The summed E-state index contributed by atoms with van der Waals surface area (Å²) < 4.78 is 5.24. The van der Waals surface area contributed by atoms with Crippen molar-refractivity contribution in [1.29, 1.82) is 0 Å². The lowest BCUT2D eigenvalue weighted by Crippen LogP contribution is -2.25. The molecule has 0 radical (unpaired) electrons. The van der Waals surface area contributed by atoms with Gasteiger partial charge in [0.2, 0.25) is 11.7 Å². The molecule has 5 aromatic rings. The number of carbonyl (C=O) groups is 1. The number of nitrogens with one attached hydrogen (secondary N) is 2. The van der Waals surface area contributed by atoms with E-state index >= 15 is 0 Å². The number of pyridine rings is 1. The summed E-state index contributed by atoms with van der Waals surface area (Å²) in [7, 11) is 0. The molecule has 0 fully saturated rings. The van der Waals surface area contributed by atoms with Crippen LogP contribution in [0.25, 0.3) is 22.6 Å². The molecule has 0 saturated carbocycles. The molecule has 3 aromatic heterocycles. The Bertz CT molecular complexity index is 1530. The third-order valence-electron chi connectivity index (χ3n) is 6.44. The van der Waals surface area contributed by atoms with Crippen LogP contribution >= 0.6 is 0 Å². The van der Waals surface area contributed by atoms with Crippen molar-refractivity contribution in [3.63, 3.8) is 0 Å². The van der Waals surface area contributed by atoms with Gasteiger partial charge in [0.15, 0.2) is 0 Å². The Kier molecular flexibility index (Phi) is 7.72. The number of H-pyrrole nitrogens is 1. The van der Waals surface area contributed by atoms with E-state index in [0.717, 1.165) is 35.5 Å². The average Bonchev–Trinajstić information content (AvgIpc) is 3.60. The van der Waals surface area contributed by atoms with Crippen molar-refractivity contribution in [2.45, 2.75) is 40.2 Å². The molecule has 0 aliphatic rings. The van der Waals surface area contributed by atoms with Crippen molar-refractivity contribution >= 4 is 17.4 Å². The Hall–Kier alpha value is -4.86. The van der Waals surface area contributed by atoms with Gasteiger partial charge in [0, 0.05) is 41.5 Å². The number of anilines is 2. The number of nitrogens with zero attached hydrogens (tertiary/aromatic N) is 6. The van der Waals surface area contributed by atoms with Gasteiger partial charge >= 0.3 is 0 Å². The molecule has 2 N–H and O–H groups in total. The quantitative estimate of drug-likeness (QED) is 0.258. The largest absolute Gasteiger partial charge is 0.361 e. The Morgan fingerprint density at radius 1 is 1.03 bits per heavy atom. The Labute approximate surface area is 226 Å². The van der Waals surface area contributed by atoms with Gasteiger partial charge < -0.3 is 14.7 Å². The summed E-state index contributed by atoms with van der Waals surface area (Å²) >= 11 is 0. The Morgan fingerprint density at radius 2 is 1.79 bits per heavy atom. The number of aromatic nitrogens is 6. The zero-order chi connectivity index (χ0) is 27.2. The second-order valence-corrected chi connectivity index (χ2v) is 9.32. The smallest absolute Gasteiger partial charge is 0.229 e. The van der Waals surface area contributed by atoms with Crippen molar-refractivity contribution in [2.24, 2.45) is 0 Å². The van der Waals surface area contributed by atoms with Crippen LogP contribution in [0, 0.1) is 13.8 Å². The topological polar surface area (TPSA) is 126 Å². The fourth-order valence-electron chi connectivity index (χ4n) is 4.53.